The van der Waals surface area contributed by atoms with Crippen LogP contribution in [-0.4, -0.2) is 98.7 Å². The van der Waals surface area contributed by atoms with Crippen LogP contribution in [0.5, 0.6) is 0 Å². The van der Waals surface area contributed by atoms with Crippen LogP contribution >= 0.6 is 0 Å². The number of carbonyl (C=O) groups is 1. The van der Waals surface area contributed by atoms with E-state index in [0.29, 0.717) is 19.3 Å². The first-order valence-electron chi connectivity index (χ1n) is 29.6. The van der Waals surface area contributed by atoms with Gasteiger partial charge in [-0.15, -0.1) is 0 Å². The zero-order chi connectivity index (χ0) is 51.7. The third-order valence-corrected chi connectivity index (χ3v) is 13.9. The van der Waals surface area contributed by atoms with Gasteiger partial charge in [-0.2, -0.15) is 0 Å². The minimum Gasteiger partial charge on any atom is -0.394 e. The standard InChI is InChI=1S/C61H111NO9/c1-3-5-7-9-11-13-15-17-19-20-21-22-23-24-25-26-27-28-29-30-31-32-33-34-35-36-38-40-42-44-46-48-50-55(65)60(69)62-53(52-70-61-59(68)58(67)57(66)56(51-63)71-61)54(64)49-47-45-43-41-39-37-18-16-14-12-10-8-6-4-2/h14,16,21-22,24-25,39,41,47,49,53-59,61,63-68H,3-13,15,17-20,23,26-38,40,42-46,48,50-52H2,1-2H3,(H,62,69)/b16-14+,22-21-,25-24-,41-39+,49-47+. The largest absolute Gasteiger partial charge is 0.394 e. The third-order valence-electron chi connectivity index (χ3n) is 13.9. The molecule has 0 aliphatic carbocycles. The van der Waals surface area contributed by atoms with Gasteiger partial charge in [-0.1, -0.05) is 242 Å². The number of aliphatic hydroxyl groups is 6. The number of hydrogen-bond donors (Lipinski definition) is 7. The summed E-state index contributed by atoms with van der Waals surface area (Å²) < 4.78 is 11.2. The summed E-state index contributed by atoms with van der Waals surface area (Å²) in [5.74, 6) is -0.630. The Balaban J connectivity index is 2.19. The van der Waals surface area contributed by atoms with E-state index >= 15 is 0 Å². The van der Waals surface area contributed by atoms with E-state index in [1.807, 2.05) is 6.08 Å². The highest BCUT2D eigenvalue weighted by Gasteiger charge is 2.44. The van der Waals surface area contributed by atoms with Gasteiger partial charge in [-0.05, 0) is 77.0 Å². The van der Waals surface area contributed by atoms with Crippen LogP contribution in [0.15, 0.2) is 60.8 Å². The van der Waals surface area contributed by atoms with E-state index in [0.717, 1.165) is 51.4 Å². The molecule has 0 aromatic heterocycles. The van der Waals surface area contributed by atoms with Crippen LogP contribution < -0.4 is 5.32 Å². The van der Waals surface area contributed by atoms with Crippen molar-refractivity contribution in [2.24, 2.45) is 0 Å². The molecule has 1 amide bonds. The molecule has 0 aromatic carbocycles. The molecule has 10 heteroatoms. The molecule has 0 radical (unpaired) electrons. The van der Waals surface area contributed by atoms with Crippen molar-refractivity contribution in [2.75, 3.05) is 13.2 Å². The monoisotopic (exact) mass is 1000 g/mol. The second-order valence-corrected chi connectivity index (χ2v) is 20.6. The summed E-state index contributed by atoms with van der Waals surface area (Å²) in [6, 6.07) is -1.00. The van der Waals surface area contributed by atoms with Gasteiger partial charge in [0.05, 0.1) is 25.4 Å². The molecule has 1 saturated heterocycles. The number of carbonyl (C=O) groups excluding carboxylic acids is 1. The Kier molecular flexibility index (Phi) is 47.1. The van der Waals surface area contributed by atoms with Gasteiger partial charge in [0, 0.05) is 0 Å². The molecule has 1 aliphatic heterocycles. The summed E-state index contributed by atoms with van der Waals surface area (Å²) in [5, 5.41) is 64.9. The molecule has 7 N–H and O–H groups in total. The molecule has 1 fully saturated rings. The molecule has 10 nitrogen and oxygen atoms in total. The van der Waals surface area contributed by atoms with Crippen LogP contribution in [0.2, 0.25) is 0 Å². The number of rotatable bonds is 50. The van der Waals surface area contributed by atoms with Crippen molar-refractivity contribution < 1.29 is 44.9 Å². The second-order valence-electron chi connectivity index (χ2n) is 20.6. The Bertz CT molecular complexity index is 1320. The molecule has 8 atom stereocenters. The summed E-state index contributed by atoms with van der Waals surface area (Å²) in [5.41, 5.74) is 0. The lowest BCUT2D eigenvalue weighted by atomic mass is 9.99. The summed E-state index contributed by atoms with van der Waals surface area (Å²) >= 11 is 0. The van der Waals surface area contributed by atoms with Crippen LogP contribution in [0.25, 0.3) is 0 Å². The third kappa shape index (κ3) is 39.0. The van der Waals surface area contributed by atoms with E-state index < -0.39 is 61.5 Å². The average molecular weight is 1000 g/mol. The Morgan fingerprint density at radius 1 is 0.493 bits per heavy atom. The maximum Gasteiger partial charge on any atom is 0.249 e. The number of unbranched alkanes of at least 4 members (excludes halogenated alkanes) is 31. The van der Waals surface area contributed by atoms with Crippen molar-refractivity contribution in [1.82, 2.24) is 5.32 Å². The topological polar surface area (TPSA) is 169 Å². The fraction of sp³-hybridized carbons (Fsp3) is 0.820. The second kappa shape index (κ2) is 50.0. The minimum absolute atomic E-state index is 0.300. The lowest BCUT2D eigenvalue weighted by Crippen LogP contribution is -2.60. The van der Waals surface area contributed by atoms with Gasteiger partial charge >= 0.3 is 0 Å². The average Bonchev–Trinajstić information content (AvgIpc) is 3.37. The first-order valence-corrected chi connectivity index (χ1v) is 29.6. The van der Waals surface area contributed by atoms with Crippen molar-refractivity contribution in [2.45, 2.75) is 307 Å². The van der Waals surface area contributed by atoms with Crippen molar-refractivity contribution in [3.05, 3.63) is 60.8 Å². The molecular formula is C61H111NO9. The highest BCUT2D eigenvalue weighted by Crippen LogP contribution is 2.23. The molecule has 1 heterocycles. The Labute approximate surface area is 435 Å². The number of amides is 1. The van der Waals surface area contributed by atoms with Crippen LogP contribution in [-0.2, 0) is 14.3 Å². The van der Waals surface area contributed by atoms with Gasteiger partial charge in [-0.25, -0.2) is 0 Å². The van der Waals surface area contributed by atoms with Crippen LogP contribution in [0, 0.1) is 0 Å². The van der Waals surface area contributed by atoms with Gasteiger partial charge in [0.1, 0.15) is 30.5 Å². The predicted molar refractivity (Wildman–Crippen MR) is 296 cm³/mol. The fourth-order valence-electron chi connectivity index (χ4n) is 9.11. The van der Waals surface area contributed by atoms with E-state index in [9.17, 15) is 35.4 Å². The molecular weight excluding hydrogens is 891 g/mol. The van der Waals surface area contributed by atoms with Crippen molar-refractivity contribution in [3.8, 4) is 0 Å². The molecule has 1 rings (SSSR count). The van der Waals surface area contributed by atoms with E-state index in [1.54, 1.807) is 6.08 Å². The molecule has 0 aromatic rings. The molecule has 414 valence electrons. The first-order chi connectivity index (χ1) is 34.8. The molecule has 0 bridgehead atoms. The lowest BCUT2D eigenvalue weighted by molar-refractivity contribution is -0.302. The summed E-state index contributed by atoms with van der Waals surface area (Å²) in [6.45, 7) is 3.58. The number of nitrogens with one attached hydrogen (secondary N) is 1. The molecule has 0 spiro atoms. The highest BCUT2D eigenvalue weighted by molar-refractivity contribution is 5.80. The fourth-order valence-corrected chi connectivity index (χ4v) is 9.11. The highest BCUT2D eigenvalue weighted by atomic mass is 16.7. The Morgan fingerprint density at radius 3 is 1.32 bits per heavy atom. The van der Waals surface area contributed by atoms with E-state index in [-0.39, 0.29) is 6.61 Å². The zero-order valence-electron chi connectivity index (χ0n) is 45.6. The SMILES string of the molecule is CCCCCC/C=C/CC/C=C/CC/C=C/C(O)C(COC1OC(CO)C(O)C(O)C1O)NC(=O)C(O)CCCCCCCCCCCCCCCCCC/C=C\C/C=C\CCCCCCCCCCC. The normalized spacial score (nSPS) is 20.1. The van der Waals surface area contributed by atoms with Gasteiger partial charge in [0.15, 0.2) is 6.29 Å². The van der Waals surface area contributed by atoms with Crippen molar-refractivity contribution in [3.63, 3.8) is 0 Å². The summed E-state index contributed by atoms with van der Waals surface area (Å²) in [7, 11) is 0. The quantitative estimate of drug-likeness (QED) is 0.0232. The van der Waals surface area contributed by atoms with E-state index in [1.165, 1.54) is 173 Å². The predicted octanol–water partition coefficient (Wildman–Crippen LogP) is 13.7. The molecule has 1 aliphatic rings. The van der Waals surface area contributed by atoms with Crippen LogP contribution in [0.4, 0.5) is 0 Å². The van der Waals surface area contributed by atoms with Crippen molar-refractivity contribution >= 4 is 5.91 Å². The van der Waals surface area contributed by atoms with Gasteiger partial charge in [0.2, 0.25) is 5.91 Å². The summed E-state index contributed by atoms with van der Waals surface area (Å²) in [4.78, 5) is 13.1. The Hall–Kier alpha value is -2.15. The maximum absolute atomic E-state index is 13.1. The zero-order valence-corrected chi connectivity index (χ0v) is 45.6. The van der Waals surface area contributed by atoms with Gasteiger partial charge in [0.25, 0.3) is 0 Å². The number of hydrogen-bond acceptors (Lipinski definition) is 9. The van der Waals surface area contributed by atoms with Crippen LogP contribution in [0.3, 0.4) is 0 Å². The number of allylic oxidation sites excluding steroid dienone is 9. The van der Waals surface area contributed by atoms with Crippen LogP contribution in [0.1, 0.15) is 258 Å². The van der Waals surface area contributed by atoms with Gasteiger partial charge in [-0.3, -0.25) is 4.79 Å². The van der Waals surface area contributed by atoms with Gasteiger partial charge < -0.3 is 45.4 Å². The lowest BCUT2D eigenvalue weighted by Gasteiger charge is -2.40. The molecule has 8 unspecified atom stereocenters. The van der Waals surface area contributed by atoms with Crippen molar-refractivity contribution in [1.29, 1.82) is 0 Å². The first kappa shape index (κ1) is 66.9. The molecule has 0 saturated carbocycles. The number of aliphatic hydroxyl groups excluding tert-OH is 6. The Morgan fingerprint density at radius 2 is 0.873 bits per heavy atom. The number of ether oxygens (including phenoxy) is 2. The van der Waals surface area contributed by atoms with E-state index in [2.05, 4.69) is 67.8 Å². The van der Waals surface area contributed by atoms with E-state index in [4.69, 9.17) is 9.47 Å². The maximum atomic E-state index is 13.1. The minimum atomic E-state index is -1.62. The summed E-state index contributed by atoms with van der Waals surface area (Å²) in [6.07, 6.45) is 57.7. The smallest absolute Gasteiger partial charge is 0.249 e. The molecule has 71 heavy (non-hydrogen) atoms.